The molecular formula is C20H26N2O5S. The van der Waals surface area contributed by atoms with E-state index >= 15 is 0 Å². The van der Waals surface area contributed by atoms with Crippen LogP contribution in [0.3, 0.4) is 0 Å². The van der Waals surface area contributed by atoms with Crippen molar-refractivity contribution in [3.05, 3.63) is 59.7 Å². The van der Waals surface area contributed by atoms with Crippen molar-refractivity contribution >= 4 is 10.0 Å². The molecule has 2 aromatic carbocycles. The van der Waals surface area contributed by atoms with Crippen molar-refractivity contribution < 1.29 is 22.7 Å². The van der Waals surface area contributed by atoms with Gasteiger partial charge in [0.1, 0.15) is 16.7 Å². The molecule has 1 aliphatic rings. The molecule has 3 atom stereocenters. The molecule has 28 heavy (non-hydrogen) atoms. The Morgan fingerprint density at radius 3 is 2.29 bits per heavy atom. The van der Waals surface area contributed by atoms with Crippen LogP contribution in [0.5, 0.6) is 11.5 Å². The maximum Gasteiger partial charge on any atom is 0.219 e. The van der Waals surface area contributed by atoms with Gasteiger partial charge in [-0.1, -0.05) is 30.3 Å². The molecule has 0 aromatic heterocycles. The SMILES string of the molecule is COc1cc(OC)cc([C@@H]2[C@H](S(=O)(=O)N[C@@H](C)c3ccccc3)CON2C)c1. The molecule has 8 heteroatoms. The highest BCUT2D eigenvalue weighted by Crippen LogP contribution is 2.37. The monoisotopic (exact) mass is 406 g/mol. The molecule has 7 nitrogen and oxygen atoms in total. The summed E-state index contributed by atoms with van der Waals surface area (Å²) in [4.78, 5) is 5.59. The molecule has 1 fully saturated rings. The summed E-state index contributed by atoms with van der Waals surface area (Å²) in [6, 6.07) is 14.0. The van der Waals surface area contributed by atoms with E-state index in [1.54, 1.807) is 32.4 Å². The van der Waals surface area contributed by atoms with E-state index in [0.29, 0.717) is 11.5 Å². The van der Waals surface area contributed by atoms with Gasteiger partial charge in [0.2, 0.25) is 10.0 Å². The van der Waals surface area contributed by atoms with Crippen LogP contribution in [0.1, 0.15) is 30.1 Å². The molecule has 1 heterocycles. The number of benzene rings is 2. The van der Waals surface area contributed by atoms with Gasteiger partial charge < -0.3 is 9.47 Å². The van der Waals surface area contributed by atoms with Crippen molar-refractivity contribution in [1.82, 2.24) is 9.79 Å². The Kier molecular flexibility index (Phi) is 6.24. The van der Waals surface area contributed by atoms with E-state index in [1.807, 2.05) is 49.4 Å². The van der Waals surface area contributed by atoms with E-state index in [0.717, 1.165) is 11.1 Å². The second-order valence-corrected chi connectivity index (χ2v) is 8.70. The number of ether oxygens (including phenoxy) is 2. The van der Waals surface area contributed by atoms with Crippen LogP contribution >= 0.6 is 0 Å². The third kappa shape index (κ3) is 4.30. The van der Waals surface area contributed by atoms with Crippen LogP contribution in [-0.2, 0) is 14.9 Å². The second-order valence-electron chi connectivity index (χ2n) is 6.77. The van der Waals surface area contributed by atoms with Crippen LogP contribution in [0.4, 0.5) is 0 Å². The van der Waals surface area contributed by atoms with Crippen LogP contribution in [0.2, 0.25) is 0 Å². The van der Waals surface area contributed by atoms with Gasteiger partial charge in [0.05, 0.1) is 26.9 Å². The Morgan fingerprint density at radius 1 is 1.11 bits per heavy atom. The quantitative estimate of drug-likeness (QED) is 0.762. The Hall–Kier alpha value is -2.13. The summed E-state index contributed by atoms with van der Waals surface area (Å²) in [5.74, 6) is 1.19. The van der Waals surface area contributed by atoms with Gasteiger partial charge in [-0.05, 0) is 30.2 Å². The first kappa shape index (κ1) is 20.6. The highest BCUT2D eigenvalue weighted by Gasteiger charge is 2.44. The van der Waals surface area contributed by atoms with Crippen LogP contribution in [-0.4, -0.2) is 46.6 Å². The highest BCUT2D eigenvalue weighted by atomic mass is 32.2. The normalized spacial score (nSPS) is 21.4. The van der Waals surface area contributed by atoms with Crippen LogP contribution in [0.15, 0.2) is 48.5 Å². The van der Waals surface area contributed by atoms with Gasteiger partial charge in [-0.2, -0.15) is 5.06 Å². The van der Waals surface area contributed by atoms with Crippen molar-refractivity contribution in [3.63, 3.8) is 0 Å². The number of nitrogens with one attached hydrogen (secondary N) is 1. The van der Waals surface area contributed by atoms with Gasteiger partial charge >= 0.3 is 0 Å². The maximum atomic E-state index is 13.2. The number of sulfonamides is 1. The minimum absolute atomic E-state index is 0.0670. The zero-order valence-electron chi connectivity index (χ0n) is 16.5. The van der Waals surface area contributed by atoms with Crippen LogP contribution in [0, 0.1) is 0 Å². The molecule has 0 bridgehead atoms. The minimum Gasteiger partial charge on any atom is -0.497 e. The molecule has 0 aliphatic carbocycles. The number of hydroxylamine groups is 2. The zero-order valence-corrected chi connectivity index (χ0v) is 17.3. The summed E-state index contributed by atoms with van der Waals surface area (Å²) in [6.07, 6.45) is 0. The summed E-state index contributed by atoms with van der Waals surface area (Å²) in [5.41, 5.74) is 1.65. The summed E-state index contributed by atoms with van der Waals surface area (Å²) in [5, 5.41) is 0.797. The van der Waals surface area contributed by atoms with Crippen molar-refractivity contribution in [3.8, 4) is 11.5 Å². The number of methoxy groups -OCH3 is 2. The number of nitrogens with zero attached hydrogens (tertiary/aromatic N) is 1. The summed E-state index contributed by atoms with van der Waals surface area (Å²) in [7, 11) is 1.17. The molecule has 1 saturated heterocycles. The smallest absolute Gasteiger partial charge is 0.219 e. The topological polar surface area (TPSA) is 77.1 Å². The highest BCUT2D eigenvalue weighted by molar-refractivity contribution is 7.90. The lowest BCUT2D eigenvalue weighted by Crippen LogP contribution is -2.40. The number of hydrogen-bond donors (Lipinski definition) is 1. The third-order valence-electron chi connectivity index (χ3n) is 4.94. The van der Waals surface area contributed by atoms with E-state index in [1.165, 1.54) is 0 Å². The molecule has 1 N–H and O–H groups in total. The fraction of sp³-hybridized carbons (Fsp3) is 0.400. The second kappa shape index (κ2) is 8.48. The Balaban J connectivity index is 1.90. The lowest BCUT2D eigenvalue weighted by Gasteiger charge is -2.25. The summed E-state index contributed by atoms with van der Waals surface area (Å²) in [6.45, 7) is 1.90. The molecule has 0 unspecified atom stereocenters. The number of hydrogen-bond acceptors (Lipinski definition) is 6. The standard InChI is InChI=1S/C20H26N2O5S/c1-14(15-8-6-5-7-9-15)21-28(23,24)19-13-27-22(2)20(19)16-10-17(25-3)12-18(11-16)26-4/h5-12,14,19-21H,13H2,1-4H3/t14-,19+,20+/m0/s1. The third-order valence-corrected chi connectivity index (χ3v) is 6.81. The fourth-order valence-corrected chi connectivity index (χ4v) is 5.14. The van der Waals surface area contributed by atoms with E-state index in [4.69, 9.17) is 14.3 Å². The lowest BCUT2D eigenvalue weighted by molar-refractivity contribution is -0.110. The minimum atomic E-state index is -3.68. The molecule has 0 amide bonds. The maximum absolute atomic E-state index is 13.2. The molecule has 152 valence electrons. The van der Waals surface area contributed by atoms with Crippen LogP contribution < -0.4 is 14.2 Å². The van der Waals surface area contributed by atoms with E-state index < -0.39 is 21.3 Å². The van der Waals surface area contributed by atoms with Gasteiger partial charge in [0.25, 0.3) is 0 Å². The predicted octanol–water partition coefficient (Wildman–Crippen LogP) is 2.67. The van der Waals surface area contributed by atoms with Crippen LogP contribution in [0.25, 0.3) is 0 Å². The first-order valence-electron chi connectivity index (χ1n) is 9.00. The average Bonchev–Trinajstić information content (AvgIpc) is 3.10. The van der Waals surface area contributed by atoms with Gasteiger partial charge in [0.15, 0.2) is 0 Å². The van der Waals surface area contributed by atoms with E-state index in [-0.39, 0.29) is 12.6 Å². The summed E-state index contributed by atoms with van der Waals surface area (Å²) < 4.78 is 39.8. The molecule has 2 aromatic rings. The Labute approximate surface area is 166 Å². The lowest BCUT2D eigenvalue weighted by atomic mass is 10.0. The van der Waals surface area contributed by atoms with Crippen molar-refractivity contribution in [2.24, 2.45) is 0 Å². The van der Waals surface area contributed by atoms with Gasteiger partial charge in [-0.25, -0.2) is 13.1 Å². The molecule has 0 spiro atoms. The first-order valence-corrected chi connectivity index (χ1v) is 10.5. The van der Waals surface area contributed by atoms with Crippen molar-refractivity contribution in [2.75, 3.05) is 27.9 Å². The van der Waals surface area contributed by atoms with Gasteiger partial charge in [-0.15, -0.1) is 0 Å². The molecule has 3 rings (SSSR count). The molecule has 0 radical (unpaired) electrons. The predicted molar refractivity (Wildman–Crippen MR) is 107 cm³/mol. The first-order chi connectivity index (χ1) is 13.4. The average molecular weight is 407 g/mol. The fourth-order valence-electron chi connectivity index (χ4n) is 3.42. The van der Waals surface area contributed by atoms with Crippen molar-refractivity contribution in [2.45, 2.75) is 24.3 Å². The van der Waals surface area contributed by atoms with E-state index in [2.05, 4.69) is 4.72 Å². The van der Waals surface area contributed by atoms with E-state index in [9.17, 15) is 8.42 Å². The van der Waals surface area contributed by atoms with Crippen molar-refractivity contribution in [1.29, 1.82) is 0 Å². The Bertz CT molecular complexity index is 882. The number of rotatable bonds is 7. The molecule has 0 saturated carbocycles. The zero-order chi connectivity index (χ0) is 20.3. The molecule has 1 aliphatic heterocycles. The van der Waals surface area contributed by atoms with Gasteiger partial charge in [-0.3, -0.25) is 4.84 Å². The Morgan fingerprint density at radius 2 is 1.71 bits per heavy atom. The van der Waals surface area contributed by atoms with Gasteiger partial charge in [0, 0.05) is 19.2 Å². The molecular weight excluding hydrogens is 380 g/mol. The largest absolute Gasteiger partial charge is 0.497 e. The summed E-state index contributed by atoms with van der Waals surface area (Å²) >= 11 is 0.